The summed E-state index contributed by atoms with van der Waals surface area (Å²) in [4.78, 5) is 10.5. The van der Waals surface area contributed by atoms with Crippen LogP contribution in [0.15, 0.2) is 18.2 Å². The minimum atomic E-state index is -1.10. The van der Waals surface area contributed by atoms with Gasteiger partial charge in [0.2, 0.25) is 0 Å². The van der Waals surface area contributed by atoms with E-state index in [4.69, 9.17) is 25.5 Å². The SMILES string of the molecule is CCCCC(O)O.CCO.Cc1cc(O)ccc1C(=O)O.[NaH]. The zero-order chi connectivity index (χ0) is 16.8. The summed E-state index contributed by atoms with van der Waals surface area (Å²) < 4.78 is 0. The molecule has 124 valence electrons. The number of aromatic carboxylic acids is 1. The molecule has 22 heavy (non-hydrogen) atoms. The molecule has 0 aromatic heterocycles. The maximum atomic E-state index is 10.5. The number of aromatic hydroxyl groups is 1. The van der Waals surface area contributed by atoms with Gasteiger partial charge in [-0.3, -0.25) is 0 Å². The molecule has 1 aromatic rings. The molecule has 1 aromatic carbocycles. The first kappa shape index (κ1) is 26.3. The van der Waals surface area contributed by atoms with Crippen molar-refractivity contribution in [2.45, 2.75) is 46.3 Å². The first-order valence-corrected chi connectivity index (χ1v) is 6.79. The molecular formula is C15H27NaO6. The molecule has 0 aliphatic heterocycles. The van der Waals surface area contributed by atoms with Crippen molar-refractivity contribution < 1.29 is 30.3 Å². The van der Waals surface area contributed by atoms with E-state index in [0.29, 0.717) is 12.0 Å². The molecule has 0 unspecified atom stereocenters. The van der Waals surface area contributed by atoms with Crippen molar-refractivity contribution in [1.82, 2.24) is 0 Å². The van der Waals surface area contributed by atoms with Crippen molar-refractivity contribution in [2.75, 3.05) is 6.61 Å². The summed E-state index contributed by atoms with van der Waals surface area (Å²) in [5.74, 6) is -0.880. The molecule has 0 atom stereocenters. The van der Waals surface area contributed by atoms with Crippen LogP contribution in [-0.4, -0.2) is 74.0 Å². The molecule has 6 nitrogen and oxygen atoms in total. The van der Waals surface area contributed by atoms with Crippen molar-refractivity contribution in [3.63, 3.8) is 0 Å². The molecule has 0 fully saturated rings. The van der Waals surface area contributed by atoms with E-state index in [1.165, 1.54) is 18.2 Å². The summed E-state index contributed by atoms with van der Waals surface area (Å²) in [6.07, 6.45) is 1.34. The third-order valence-electron chi connectivity index (χ3n) is 2.26. The van der Waals surface area contributed by atoms with Gasteiger partial charge in [-0.2, -0.15) is 0 Å². The Kier molecular flexibility index (Phi) is 20.0. The zero-order valence-electron chi connectivity index (χ0n) is 12.8. The van der Waals surface area contributed by atoms with E-state index in [2.05, 4.69) is 0 Å². The number of rotatable bonds is 4. The molecule has 0 radical (unpaired) electrons. The van der Waals surface area contributed by atoms with Gasteiger partial charge in [-0.25, -0.2) is 4.79 Å². The molecule has 0 amide bonds. The molecular weight excluding hydrogens is 299 g/mol. The van der Waals surface area contributed by atoms with Crippen LogP contribution in [-0.2, 0) is 0 Å². The quantitative estimate of drug-likeness (QED) is 0.420. The summed E-state index contributed by atoms with van der Waals surface area (Å²) >= 11 is 0. The number of hydrogen-bond donors (Lipinski definition) is 5. The van der Waals surface area contributed by atoms with E-state index < -0.39 is 12.3 Å². The Morgan fingerprint density at radius 2 is 1.73 bits per heavy atom. The van der Waals surface area contributed by atoms with Gasteiger partial charge >= 0.3 is 35.5 Å². The molecule has 0 heterocycles. The topological polar surface area (TPSA) is 118 Å². The Morgan fingerprint density at radius 3 is 2.00 bits per heavy atom. The third kappa shape index (κ3) is 15.8. The Bertz CT molecular complexity index is 396. The number of carboxylic acid groups (broad SMARTS) is 1. The number of unbranched alkanes of at least 4 members (excludes halogenated alkanes) is 1. The predicted octanol–water partition coefficient (Wildman–Crippen LogP) is 1.24. The van der Waals surface area contributed by atoms with E-state index in [1.807, 2.05) is 6.92 Å². The number of benzene rings is 1. The standard InChI is InChI=1S/C8H8O3.C5H12O2.C2H6O.Na.H/c1-5-4-6(9)2-3-7(5)8(10)11;1-2-3-4-5(6)7;1-2-3;;/h2-4,9H,1H3,(H,10,11);5-7H,2-4H2,1H3;3H,2H2,1H3;;. The average Bonchev–Trinajstić information content (AvgIpc) is 2.37. The zero-order valence-corrected chi connectivity index (χ0v) is 12.8. The van der Waals surface area contributed by atoms with Crippen LogP contribution in [0.2, 0.25) is 0 Å². The van der Waals surface area contributed by atoms with Crippen molar-refractivity contribution in [2.24, 2.45) is 0 Å². The summed E-state index contributed by atoms with van der Waals surface area (Å²) in [7, 11) is 0. The van der Waals surface area contributed by atoms with Gasteiger partial charge in [0.25, 0.3) is 0 Å². The Hall–Kier alpha value is -0.630. The number of carboxylic acids is 1. The summed E-state index contributed by atoms with van der Waals surface area (Å²) in [5.41, 5.74) is 0.792. The van der Waals surface area contributed by atoms with Crippen LogP contribution in [0, 0.1) is 6.92 Å². The second-order valence-electron chi connectivity index (χ2n) is 4.24. The Morgan fingerprint density at radius 1 is 1.23 bits per heavy atom. The number of phenolic OH excluding ortho intramolecular Hbond substituents is 1. The van der Waals surface area contributed by atoms with Crippen molar-refractivity contribution >= 4 is 35.5 Å². The van der Waals surface area contributed by atoms with E-state index in [9.17, 15) is 4.79 Å². The van der Waals surface area contributed by atoms with Gasteiger partial charge in [-0.1, -0.05) is 13.3 Å². The number of aryl methyl sites for hydroxylation is 1. The van der Waals surface area contributed by atoms with Crippen LogP contribution >= 0.6 is 0 Å². The second-order valence-corrected chi connectivity index (χ2v) is 4.24. The first-order valence-electron chi connectivity index (χ1n) is 6.79. The van der Waals surface area contributed by atoms with Crippen LogP contribution in [0.25, 0.3) is 0 Å². The molecule has 1 rings (SSSR count). The number of aliphatic hydroxyl groups is 3. The molecule has 0 saturated heterocycles. The number of hydrogen-bond acceptors (Lipinski definition) is 5. The van der Waals surface area contributed by atoms with Gasteiger partial charge in [0, 0.05) is 6.61 Å². The molecule has 0 aliphatic rings. The van der Waals surface area contributed by atoms with Gasteiger partial charge in [-0.15, -0.1) is 0 Å². The van der Waals surface area contributed by atoms with Crippen LogP contribution in [0.3, 0.4) is 0 Å². The Balaban J connectivity index is -0.000000286. The summed E-state index contributed by atoms with van der Waals surface area (Å²) in [6.45, 7) is 5.59. The fourth-order valence-corrected chi connectivity index (χ4v) is 1.27. The fourth-order valence-electron chi connectivity index (χ4n) is 1.27. The average molecular weight is 326 g/mol. The van der Waals surface area contributed by atoms with Gasteiger partial charge in [0.15, 0.2) is 6.29 Å². The molecule has 0 aliphatic carbocycles. The maximum absolute atomic E-state index is 10.5. The Labute approximate surface area is 153 Å². The van der Waals surface area contributed by atoms with Crippen LogP contribution < -0.4 is 0 Å². The van der Waals surface area contributed by atoms with Crippen LogP contribution in [0.5, 0.6) is 5.75 Å². The monoisotopic (exact) mass is 326 g/mol. The van der Waals surface area contributed by atoms with Gasteiger partial charge in [0.1, 0.15) is 5.75 Å². The van der Waals surface area contributed by atoms with E-state index in [0.717, 1.165) is 12.8 Å². The van der Waals surface area contributed by atoms with Crippen molar-refractivity contribution in [3.8, 4) is 5.75 Å². The molecule has 0 bridgehead atoms. The molecule has 7 heteroatoms. The number of phenols is 1. The van der Waals surface area contributed by atoms with Crippen LogP contribution in [0.1, 0.15) is 49.0 Å². The van der Waals surface area contributed by atoms with Gasteiger partial charge in [-0.05, 0) is 50.5 Å². The van der Waals surface area contributed by atoms with Crippen LogP contribution in [0.4, 0.5) is 0 Å². The van der Waals surface area contributed by atoms with Gasteiger partial charge < -0.3 is 25.5 Å². The minimum absolute atomic E-state index is 0. The fraction of sp³-hybridized carbons (Fsp3) is 0.533. The van der Waals surface area contributed by atoms with Gasteiger partial charge in [0.05, 0.1) is 5.56 Å². The van der Waals surface area contributed by atoms with E-state index in [1.54, 1.807) is 13.8 Å². The van der Waals surface area contributed by atoms with Crippen molar-refractivity contribution in [1.29, 1.82) is 0 Å². The van der Waals surface area contributed by atoms with Crippen molar-refractivity contribution in [3.05, 3.63) is 29.3 Å². The summed E-state index contributed by atoms with van der Waals surface area (Å²) in [6, 6.07) is 4.16. The molecule has 0 saturated carbocycles. The normalized spacial score (nSPS) is 8.86. The predicted molar refractivity (Wildman–Crippen MR) is 87.5 cm³/mol. The van der Waals surface area contributed by atoms with E-state index in [-0.39, 0.29) is 47.5 Å². The molecule has 5 N–H and O–H groups in total. The third-order valence-corrected chi connectivity index (χ3v) is 2.26. The summed E-state index contributed by atoms with van der Waals surface area (Å²) in [5, 5.41) is 41.5. The number of aliphatic hydroxyl groups excluding tert-OH is 2. The number of carbonyl (C=O) groups is 1. The second kappa shape index (κ2) is 16.7. The van der Waals surface area contributed by atoms with E-state index >= 15 is 0 Å². The first-order chi connectivity index (χ1) is 9.79. The molecule has 0 spiro atoms.